The van der Waals surface area contributed by atoms with Gasteiger partial charge >= 0.3 is 66.0 Å². The summed E-state index contributed by atoms with van der Waals surface area (Å²) in [5.41, 5.74) is 0. The summed E-state index contributed by atoms with van der Waals surface area (Å²) in [5, 5.41) is 9.05. The van der Waals surface area contributed by atoms with E-state index in [9.17, 15) is 50.4 Å². The molecule has 6 aromatic carbocycles. The van der Waals surface area contributed by atoms with Crippen molar-refractivity contribution in [2.45, 2.75) is 25.2 Å². The van der Waals surface area contributed by atoms with Crippen LogP contribution in [0, 0.1) is 0 Å². The molecule has 0 radical (unpaired) electrons. The molecule has 0 heterocycles. The first-order chi connectivity index (χ1) is 25.7. The summed E-state index contributed by atoms with van der Waals surface area (Å²) >= 11 is 0. The van der Waals surface area contributed by atoms with Gasteiger partial charge in [-0.3, -0.25) is 0 Å². The molecule has 302 valence electrons. The van der Waals surface area contributed by atoms with E-state index < -0.39 is 30.1 Å². The molecule has 0 saturated heterocycles. The molecule has 0 unspecified atom stereocenters. The van der Waals surface area contributed by atoms with Gasteiger partial charge in [-0.15, -0.1) is 0 Å². The summed E-state index contributed by atoms with van der Waals surface area (Å²) in [5.74, 6) is 0. The molecule has 56 heavy (non-hydrogen) atoms. The summed E-state index contributed by atoms with van der Waals surface area (Å²) in [6.07, 6.45) is 2.21. The maximum absolute atomic E-state index is 10.7. The van der Waals surface area contributed by atoms with Gasteiger partial charge in [-0.25, -0.2) is 0 Å². The van der Waals surface area contributed by atoms with Crippen LogP contribution in [-0.2, 0) is 0 Å². The zero-order valence-electron chi connectivity index (χ0n) is 29.6. The Kier molecular flexibility index (Phi) is 12.4. The third-order valence-corrected chi connectivity index (χ3v) is 19.5. The minimum absolute atomic E-state index is 0.342. The monoisotopic (exact) mass is 870 g/mol. The van der Waals surface area contributed by atoms with E-state index in [4.69, 9.17) is 0 Å². The van der Waals surface area contributed by atoms with Crippen LogP contribution in [-0.4, -0.2) is 5.40 Å². The normalized spacial score (nSPS) is 14.7. The third kappa shape index (κ3) is 13.4. The first-order valence-corrected chi connectivity index (χ1v) is 24.7. The van der Waals surface area contributed by atoms with E-state index in [2.05, 4.69) is 189 Å². The molecule has 0 nitrogen and oxygen atoms in total. The van der Waals surface area contributed by atoms with Crippen LogP contribution in [0.25, 0.3) is 0 Å². The summed E-state index contributed by atoms with van der Waals surface area (Å²) in [7, 11) is -25.8. The number of hydrogen-bond acceptors (Lipinski definition) is 0. The Morgan fingerprint density at radius 3 is 0.589 bits per heavy atom. The van der Waals surface area contributed by atoms with Gasteiger partial charge in [0, 0.05) is 6.42 Å². The van der Waals surface area contributed by atoms with Gasteiger partial charge in [0.15, 0.2) is 19.9 Å². The van der Waals surface area contributed by atoms with Crippen LogP contribution in [0.15, 0.2) is 182 Å². The van der Waals surface area contributed by atoms with Crippen molar-refractivity contribution in [1.29, 1.82) is 0 Å². The second-order valence-electron chi connectivity index (χ2n) is 12.6. The van der Waals surface area contributed by atoms with E-state index in [1.807, 2.05) is 0 Å². The fourth-order valence-corrected chi connectivity index (χ4v) is 20.3. The summed E-state index contributed by atoms with van der Waals surface area (Å²) < 4.78 is 118. The van der Waals surface area contributed by atoms with Gasteiger partial charge in [0.25, 0.3) is 0 Å². The Hall–Kier alpha value is -3.80. The Labute approximate surface area is 318 Å². The van der Waals surface area contributed by atoms with E-state index in [0.29, 0.717) is 5.40 Å². The van der Waals surface area contributed by atoms with Crippen molar-refractivity contribution in [2.24, 2.45) is 0 Å². The predicted molar refractivity (Wildman–Crippen MR) is 216 cm³/mol. The molecule has 16 heteroatoms. The van der Waals surface area contributed by atoms with Gasteiger partial charge in [-0.2, -0.15) is 0 Å². The van der Waals surface area contributed by atoms with Gasteiger partial charge in [0.1, 0.15) is 31.8 Å². The molecule has 0 bridgehead atoms. The number of rotatable bonds is 10. The first-order valence-electron chi connectivity index (χ1n) is 17.0. The molecule has 6 rings (SSSR count). The molecule has 0 aliphatic rings. The van der Waals surface area contributed by atoms with E-state index in [1.165, 1.54) is 31.8 Å². The predicted octanol–water partition coefficient (Wildman–Crippen LogP) is 14.9. The van der Waals surface area contributed by atoms with Crippen molar-refractivity contribution in [3.63, 3.8) is 0 Å². The van der Waals surface area contributed by atoms with Gasteiger partial charge in [-0.1, -0.05) is 116 Å². The molecule has 0 amide bonds. The number of halogens is 12. The quantitative estimate of drug-likeness (QED) is 0.0950. The molecular weight excluding hydrogens is 832 g/mol. The van der Waals surface area contributed by atoms with Crippen LogP contribution in [0.5, 0.6) is 0 Å². The fraction of sp³-hybridized carbons (Fsp3) is 0.100. The van der Waals surface area contributed by atoms with Crippen LogP contribution in [0.4, 0.5) is 50.4 Å². The Balaban J connectivity index is 0.000000425. The molecule has 0 N–H and O–H groups in total. The molecule has 0 spiro atoms. The molecule has 0 aliphatic carbocycles. The van der Waals surface area contributed by atoms with Gasteiger partial charge in [0.2, 0.25) is 0 Å². The van der Waals surface area contributed by atoms with Gasteiger partial charge < -0.3 is 0 Å². The summed E-state index contributed by atoms with van der Waals surface area (Å²) in [6.45, 7) is 2.37. The van der Waals surface area contributed by atoms with Crippen molar-refractivity contribution < 1.29 is 50.4 Å². The van der Waals surface area contributed by atoms with E-state index >= 15 is 0 Å². The fourth-order valence-electron chi connectivity index (χ4n) is 6.81. The second kappa shape index (κ2) is 15.5. The average Bonchev–Trinajstić information content (AvgIpc) is 3.13. The van der Waals surface area contributed by atoms with Crippen LogP contribution in [0.3, 0.4) is 0 Å². The van der Waals surface area contributed by atoms with Crippen molar-refractivity contribution >= 4 is 62.0 Å². The number of benzene rings is 6. The molecule has 0 atom stereocenters. The van der Waals surface area contributed by atoms with Crippen LogP contribution in [0.2, 0.25) is 0 Å². The first kappa shape index (κ1) is 44.9. The number of hydrogen-bond donors (Lipinski definition) is 0. The molecular formula is C40H38F12P4. The minimum atomic E-state index is -10.7. The van der Waals surface area contributed by atoms with Crippen LogP contribution >= 0.6 is 30.1 Å². The zero-order valence-corrected chi connectivity index (χ0v) is 33.2. The van der Waals surface area contributed by atoms with Crippen molar-refractivity contribution in [3.8, 4) is 0 Å². The topological polar surface area (TPSA) is 0 Å². The van der Waals surface area contributed by atoms with Gasteiger partial charge in [0.05, 0.1) is 0 Å². The Morgan fingerprint density at radius 2 is 0.464 bits per heavy atom. The molecule has 0 aromatic heterocycles. The van der Waals surface area contributed by atoms with Crippen LogP contribution in [0.1, 0.15) is 19.8 Å². The zero-order chi connectivity index (χ0) is 41.5. The van der Waals surface area contributed by atoms with Crippen molar-refractivity contribution in [1.82, 2.24) is 0 Å². The molecule has 0 saturated carbocycles. The van der Waals surface area contributed by atoms with E-state index in [0.717, 1.165) is 12.8 Å². The molecule has 6 aromatic rings. The van der Waals surface area contributed by atoms with Crippen molar-refractivity contribution in [3.05, 3.63) is 182 Å². The van der Waals surface area contributed by atoms with E-state index in [-0.39, 0.29) is 0 Å². The summed E-state index contributed by atoms with van der Waals surface area (Å²) in [6, 6.07) is 68.8. The second-order valence-corrected chi connectivity index (χ2v) is 24.1. The maximum atomic E-state index is 9.87. The standard InChI is InChI=1S/C40H38P2.2F6P/c1-2-21-40(41(34-22-9-3-10-23-34,35-24-11-4-12-25-35)36-26-13-5-14-27-36)42(37-28-15-6-16-29-37,38-30-17-7-18-31-38)39-32-19-8-20-33-39;2*1-7(2,3,4,5)6/h3-20,22-33,40H,2,21H2,1H3;;/q+2;2*-1. The average molecular weight is 871 g/mol. The van der Waals surface area contributed by atoms with Gasteiger partial charge in [-0.05, 0) is 79.2 Å². The van der Waals surface area contributed by atoms with Crippen LogP contribution < -0.4 is 31.8 Å². The third-order valence-electron chi connectivity index (χ3n) is 8.42. The van der Waals surface area contributed by atoms with E-state index in [1.54, 1.807) is 0 Å². The van der Waals surface area contributed by atoms with Crippen molar-refractivity contribution in [2.75, 3.05) is 0 Å². The Morgan fingerprint density at radius 1 is 0.321 bits per heavy atom. The molecule has 0 fully saturated rings. The SMILES string of the molecule is CCCC([P+](c1ccccc1)(c1ccccc1)c1ccccc1)[P+](c1ccccc1)(c1ccccc1)c1ccccc1.F[P-](F)(F)(F)(F)F.F[P-](F)(F)(F)(F)F. The Bertz CT molecular complexity index is 1750. The summed E-state index contributed by atoms with van der Waals surface area (Å²) in [4.78, 5) is 0. The molecule has 0 aliphatic heterocycles.